The molecule has 0 saturated heterocycles. The van der Waals surface area contributed by atoms with Crippen molar-refractivity contribution in [2.45, 2.75) is 19.3 Å². The lowest BCUT2D eigenvalue weighted by Gasteiger charge is -2.34. The normalized spacial score (nSPS) is 14.8. The Morgan fingerprint density at radius 3 is 1.48 bits per heavy atom. The molecule has 1 heteroatoms. The van der Waals surface area contributed by atoms with E-state index in [1.165, 1.54) is 55.7 Å². The van der Waals surface area contributed by atoms with Gasteiger partial charge < -0.3 is 4.90 Å². The topological polar surface area (TPSA) is 3.24 Å². The second-order valence-electron chi connectivity index (χ2n) is 12.8. The van der Waals surface area contributed by atoms with Crippen LogP contribution in [0.5, 0.6) is 0 Å². The third-order valence-electron chi connectivity index (χ3n) is 10.1. The minimum Gasteiger partial charge on any atom is -0.310 e. The zero-order chi connectivity index (χ0) is 33.9. The van der Waals surface area contributed by atoms with Crippen molar-refractivity contribution in [3.63, 3.8) is 0 Å². The van der Waals surface area contributed by atoms with Crippen molar-refractivity contribution in [2.75, 3.05) is 4.90 Å². The van der Waals surface area contributed by atoms with Crippen LogP contribution in [0.25, 0.3) is 27.8 Å². The van der Waals surface area contributed by atoms with Crippen LogP contribution in [0.1, 0.15) is 36.1 Å². The summed E-state index contributed by atoms with van der Waals surface area (Å²) in [6.45, 7) is 4.37. The van der Waals surface area contributed by atoms with E-state index >= 15 is 0 Å². The van der Waals surface area contributed by atoms with Crippen LogP contribution in [0.2, 0.25) is 0 Å². The molecule has 0 saturated carbocycles. The molecule has 50 heavy (non-hydrogen) atoms. The van der Waals surface area contributed by atoms with Gasteiger partial charge in [-0.1, -0.05) is 170 Å². The number of rotatable bonds is 7. The highest BCUT2D eigenvalue weighted by Gasteiger charge is 2.49. The Labute approximate surface area is 296 Å². The Hall–Kier alpha value is -6.18. The van der Waals surface area contributed by atoms with Crippen LogP contribution in [0.4, 0.5) is 17.1 Å². The van der Waals surface area contributed by atoms with Gasteiger partial charge in [0.15, 0.2) is 0 Å². The molecule has 0 spiro atoms. The first-order valence-electron chi connectivity index (χ1n) is 17.4. The summed E-state index contributed by atoms with van der Waals surface area (Å²) >= 11 is 0. The van der Waals surface area contributed by atoms with E-state index in [4.69, 9.17) is 0 Å². The summed E-state index contributed by atoms with van der Waals surface area (Å²) < 4.78 is 0. The van der Waals surface area contributed by atoms with Crippen LogP contribution in [0, 0.1) is 0 Å². The SMILES string of the molecule is C/C=C1\C(=C/C)C(c2ccccc2)(c2ccccc2)c2cccc(N(c3ccc(-c4ccccc4)cc3)c3cccc(-c4ccccc4)c3)c21. The maximum atomic E-state index is 2.45. The van der Waals surface area contributed by atoms with Gasteiger partial charge in [0.05, 0.1) is 11.1 Å². The fraction of sp³-hybridized carbons (Fsp3) is 0.0612. The number of fused-ring (bicyclic) bond motifs is 1. The molecule has 0 aromatic heterocycles. The molecule has 1 aliphatic carbocycles. The molecule has 0 fully saturated rings. The van der Waals surface area contributed by atoms with Gasteiger partial charge in [0, 0.05) is 16.9 Å². The predicted molar refractivity (Wildman–Crippen MR) is 212 cm³/mol. The standard InChI is InChI=1S/C49H39N/c1-3-44-45(4-2)49(40-24-13-7-14-25-40,41-26-15-8-16-27-41)46-29-18-30-47(48(44)46)50(42-33-31-38(32-34-42)36-19-9-5-10-20-36)43-28-17-23-39(35-43)37-21-11-6-12-22-37/h3-35H,1-2H3/b44-3+,45-4+. The lowest BCUT2D eigenvalue weighted by Crippen LogP contribution is -2.28. The average molecular weight is 642 g/mol. The summed E-state index contributed by atoms with van der Waals surface area (Å²) in [7, 11) is 0. The van der Waals surface area contributed by atoms with E-state index in [0.29, 0.717) is 0 Å². The molecule has 0 bridgehead atoms. The molecule has 0 unspecified atom stereocenters. The van der Waals surface area contributed by atoms with Gasteiger partial charge in [0.1, 0.15) is 0 Å². The Balaban J connectivity index is 1.41. The number of hydrogen-bond acceptors (Lipinski definition) is 1. The highest BCUT2D eigenvalue weighted by Crippen LogP contribution is 2.60. The molecule has 0 heterocycles. The van der Waals surface area contributed by atoms with Crippen molar-refractivity contribution in [3.05, 3.63) is 228 Å². The van der Waals surface area contributed by atoms with E-state index in [2.05, 4.69) is 219 Å². The number of nitrogens with zero attached hydrogens (tertiary/aromatic N) is 1. The Kier molecular flexibility index (Phi) is 8.32. The molecule has 7 aromatic carbocycles. The van der Waals surface area contributed by atoms with Gasteiger partial charge in [-0.05, 0) is 94.3 Å². The molecule has 0 N–H and O–H groups in total. The van der Waals surface area contributed by atoms with Gasteiger partial charge >= 0.3 is 0 Å². The Morgan fingerprint density at radius 2 is 0.920 bits per heavy atom. The number of hydrogen-bond donors (Lipinski definition) is 0. The minimum absolute atomic E-state index is 0.473. The monoisotopic (exact) mass is 641 g/mol. The Bertz CT molecular complexity index is 2260. The van der Waals surface area contributed by atoms with Crippen molar-refractivity contribution >= 4 is 22.6 Å². The molecule has 0 atom stereocenters. The second-order valence-corrected chi connectivity index (χ2v) is 12.8. The molecule has 0 radical (unpaired) electrons. The molecule has 0 aliphatic heterocycles. The lowest BCUT2D eigenvalue weighted by molar-refractivity contribution is 0.767. The van der Waals surface area contributed by atoms with Crippen molar-refractivity contribution in [1.29, 1.82) is 0 Å². The summed E-state index contributed by atoms with van der Waals surface area (Å²) in [5, 5.41) is 0. The maximum Gasteiger partial charge on any atom is 0.0711 e. The van der Waals surface area contributed by atoms with E-state index in [9.17, 15) is 0 Å². The molecule has 8 rings (SSSR count). The van der Waals surface area contributed by atoms with Crippen LogP contribution < -0.4 is 4.90 Å². The summed E-state index contributed by atoms with van der Waals surface area (Å²) in [6.07, 6.45) is 4.64. The predicted octanol–water partition coefficient (Wildman–Crippen LogP) is 13.2. The van der Waals surface area contributed by atoms with Crippen molar-refractivity contribution in [2.24, 2.45) is 0 Å². The molecule has 7 aromatic rings. The summed E-state index contributed by atoms with van der Waals surface area (Å²) in [6, 6.07) is 68.1. The van der Waals surface area contributed by atoms with Gasteiger partial charge in [-0.25, -0.2) is 0 Å². The number of benzene rings is 7. The summed E-state index contributed by atoms with van der Waals surface area (Å²) in [5.74, 6) is 0. The van der Waals surface area contributed by atoms with Crippen LogP contribution >= 0.6 is 0 Å². The number of anilines is 3. The fourth-order valence-electron chi connectivity index (χ4n) is 7.96. The minimum atomic E-state index is -0.473. The fourth-order valence-corrected chi connectivity index (χ4v) is 7.96. The van der Waals surface area contributed by atoms with Crippen molar-refractivity contribution in [3.8, 4) is 22.3 Å². The van der Waals surface area contributed by atoms with E-state index in [-0.39, 0.29) is 0 Å². The van der Waals surface area contributed by atoms with Crippen LogP contribution in [-0.4, -0.2) is 0 Å². The first kappa shape index (κ1) is 31.1. The van der Waals surface area contributed by atoms with Gasteiger partial charge in [-0.3, -0.25) is 0 Å². The van der Waals surface area contributed by atoms with E-state index in [1.54, 1.807) is 0 Å². The first-order chi connectivity index (χ1) is 24.7. The second kappa shape index (κ2) is 13.4. The van der Waals surface area contributed by atoms with Gasteiger partial charge in [-0.15, -0.1) is 0 Å². The van der Waals surface area contributed by atoms with Crippen molar-refractivity contribution in [1.82, 2.24) is 0 Å². The molecular formula is C49H39N. The van der Waals surface area contributed by atoms with Crippen LogP contribution in [0.3, 0.4) is 0 Å². The third-order valence-corrected chi connectivity index (χ3v) is 10.1. The lowest BCUT2D eigenvalue weighted by atomic mass is 9.67. The molecule has 0 amide bonds. The average Bonchev–Trinajstić information content (AvgIpc) is 3.51. The summed E-state index contributed by atoms with van der Waals surface area (Å²) in [5.41, 5.74) is 15.3. The van der Waals surface area contributed by atoms with E-state index in [0.717, 1.165) is 17.1 Å². The first-order valence-corrected chi connectivity index (χ1v) is 17.4. The van der Waals surface area contributed by atoms with E-state index < -0.39 is 5.41 Å². The van der Waals surface area contributed by atoms with Gasteiger partial charge in [0.2, 0.25) is 0 Å². The Morgan fingerprint density at radius 1 is 0.420 bits per heavy atom. The molecule has 240 valence electrons. The zero-order valence-corrected chi connectivity index (χ0v) is 28.5. The van der Waals surface area contributed by atoms with E-state index in [1.807, 2.05) is 0 Å². The summed E-state index contributed by atoms with van der Waals surface area (Å²) in [4.78, 5) is 2.45. The third kappa shape index (κ3) is 5.19. The highest BCUT2D eigenvalue weighted by molar-refractivity contribution is 6.01. The van der Waals surface area contributed by atoms with Gasteiger partial charge in [-0.2, -0.15) is 0 Å². The van der Waals surface area contributed by atoms with Crippen LogP contribution in [0.15, 0.2) is 206 Å². The van der Waals surface area contributed by atoms with Gasteiger partial charge in [0.25, 0.3) is 0 Å². The quantitative estimate of drug-likeness (QED) is 0.167. The largest absolute Gasteiger partial charge is 0.310 e. The smallest absolute Gasteiger partial charge is 0.0711 e. The van der Waals surface area contributed by atoms with Crippen LogP contribution in [-0.2, 0) is 5.41 Å². The molecule has 1 aliphatic rings. The molecular weight excluding hydrogens is 603 g/mol. The van der Waals surface area contributed by atoms with Crippen molar-refractivity contribution < 1.29 is 0 Å². The highest BCUT2D eigenvalue weighted by atomic mass is 15.1. The number of allylic oxidation sites excluding steroid dienone is 4. The zero-order valence-electron chi connectivity index (χ0n) is 28.5. The molecule has 1 nitrogen and oxygen atoms in total. The maximum absolute atomic E-state index is 2.45.